The molecule has 8 atom stereocenters. The molecule has 4 aliphatic carbocycles. The van der Waals surface area contributed by atoms with Gasteiger partial charge in [0.25, 0.3) is 0 Å². The number of nitrogens with zero attached hydrogens (tertiary/aromatic N) is 1. The summed E-state index contributed by atoms with van der Waals surface area (Å²) in [5.41, 5.74) is 1.66. The second kappa shape index (κ2) is 9.58. The van der Waals surface area contributed by atoms with Gasteiger partial charge in [-0.2, -0.15) is 0 Å². The summed E-state index contributed by atoms with van der Waals surface area (Å²) < 4.78 is 5.53. The Bertz CT molecular complexity index is 834. The highest BCUT2D eigenvalue weighted by molar-refractivity contribution is 5.66. The molecule has 3 saturated carbocycles. The number of carbonyl (C=O) groups excluding carboxylic acids is 1. The van der Waals surface area contributed by atoms with Gasteiger partial charge in [-0.3, -0.25) is 14.9 Å². The minimum atomic E-state index is -0.279. The molecule has 0 heterocycles. The van der Waals surface area contributed by atoms with E-state index >= 15 is 0 Å². The van der Waals surface area contributed by atoms with Crippen molar-refractivity contribution in [2.45, 2.75) is 118 Å². The van der Waals surface area contributed by atoms with Crippen molar-refractivity contribution in [2.75, 3.05) is 0 Å². The number of hydrogen-bond acceptors (Lipinski definition) is 4. The highest BCUT2D eigenvalue weighted by Gasteiger charge is 2.61. The fourth-order valence-electron chi connectivity index (χ4n) is 9.29. The number of hydrogen-bond donors (Lipinski definition) is 0. The van der Waals surface area contributed by atoms with Crippen molar-refractivity contribution in [3.8, 4) is 0 Å². The number of fused-ring (bicyclic) bond motifs is 5. The predicted molar refractivity (Wildman–Crippen MR) is 135 cm³/mol. The zero-order valence-corrected chi connectivity index (χ0v) is 22.4. The topological polar surface area (TPSA) is 69.4 Å². The van der Waals surface area contributed by atoms with E-state index < -0.39 is 0 Å². The van der Waals surface area contributed by atoms with Crippen LogP contribution in [0.5, 0.6) is 0 Å². The molecule has 4 aliphatic rings. The third-order valence-corrected chi connectivity index (χ3v) is 10.9. The van der Waals surface area contributed by atoms with Gasteiger partial charge in [0.05, 0.1) is 4.92 Å². The molecule has 0 aliphatic heterocycles. The number of ether oxygens (including phenoxy) is 1. The van der Waals surface area contributed by atoms with Crippen LogP contribution >= 0.6 is 0 Å². The smallest absolute Gasteiger partial charge is 0.302 e. The first-order valence-electron chi connectivity index (χ1n) is 14.0. The third kappa shape index (κ3) is 4.46. The van der Waals surface area contributed by atoms with E-state index in [1.807, 2.05) is 0 Å². The molecule has 0 amide bonds. The van der Waals surface area contributed by atoms with Gasteiger partial charge >= 0.3 is 5.97 Å². The largest absolute Gasteiger partial charge is 0.462 e. The van der Waals surface area contributed by atoms with Gasteiger partial charge in [-0.15, -0.1) is 0 Å². The van der Waals surface area contributed by atoms with Crippen molar-refractivity contribution in [2.24, 2.45) is 46.3 Å². The van der Waals surface area contributed by atoms with Crippen molar-refractivity contribution in [1.82, 2.24) is 0 Å². The molecule has 0 radical (unpaired) electrons. The van der Waals surface area contributed by atoms with Gasteiger partial charge in [0.15, 0.2) is 0 Å². The first kappa shape index (κ1) is 25.7. The quantitative estimate of drug-likeness (QED) is 0.217. The van der Waals surface area contributed by atoms with Crippen molar-refractivity contribution >= 4 is 5.97 Å². The Hall–Kier alpha value is -1.39. The van der Waals surface area contributed by atoms with Crippen LogP contribution in [0.25, 0.3) is 0 Å². The SMILES string of the molecule is CC(=O)O[C@H]1CC[C@@]2(C)C(=C([N+](=O)[O-])C[C@H]3[C@H]2CC[C@@]2(C)[C@H]3CC[C@H]2[C@@H](C)CCCC(C)C)C1. The molecule has 192 valence electrons. The van der Waals surface area contributed by atoms with E-state index in [9.17, 15) is 14.9 Å². The van der Waals surface area contributed by atoms with Crippen LogP contribution in [-0.2, 0) is 9.53 Å². The standard InChI is InChI=1S/C29H47NO4/c1-18(2)8-7-9-19(3)23-10-11-24-22-17-27(30(32)33)26-16-21(34-20(4)31)12-14-29(26,6)25(22)13-15-28(23,24)5/h18-19,21-25H,7-17H2,1-6H3/t19-,21-,22+,23-,24-,25+,28+,29+/m0/s1. The summed E-state index contributed by atoms with van der Waals surface area (Å²) in [4.78, 5) is 23.8. The second-order valence-electron chi connectivity index (χ2n) is 13.2. The Labute approximate surface area is 206 Å². The van der Waals surface area contributed by atoms with E-state index in [1.54, 1.807) is 0 Å². The lowest BCUT2D eigenvalue weighted by atomic mass is 9.46. The van der Waals surface area contributed by atoms with E-state index in [1.165, 1.54) is 51.9 Å². The first-order chi connectivity index (χ1) is 16.0. The number of carbonyl (C=O) groups is 1. The van der Waals surface area contributed by atoms with E-state index in [4.69, 9.17) is 4.74 Å². The maximum atomic E-state index is 12.3. The lowest BCUT2D eigenvalue weighted by Gasteiger charge is -2.58. The average Bonchev–Trinajstić information content (AvgIpc) is 3.10. The van der Waals surface area contributed by atoms with Gasteiger partial charge in [0.2, 0.25) is 5.70 Å². The lowest BCUT2D eigenvalue weighted by molar-refractivity contribution is -0.434. The van der Waals surface area contributed by atoms with Gasteiger partial charge in [-0.25, -0.2) is 0 Å². The lowest BCUT2D eigenvalue weighted by Crippen LogP contribution is -2.52. The van der Waals surface area contributed by atoms with Crippen LogP contribution in [0, 0.1) is 56.5 Å². The number of allylic oxidation sites excluding steroid dienone is 1. The van der Waals surface area contributed by atoms with E-state index in [0.717, 1.165) is 36.2 Å². The summed E-state index contributed by atoms with van der Waals surface area (Å²) in [6, 6.07) is 0. The molecule has 3 fully saturated rings. The molecule has 0 unspecified atom stereocenters. The fourth-order valence-corrected chi connectivity index (χ4v) is 9.29. The summed E-state index contributed by atoms with van der Waals surface area (Å²) in [6.45, 7) is 13.4. The molecule has 0 aromatic rings. The summed E-state index contributed by atoms with van der Waals surface area (Å²) in [5.74, 6) is 3.53. The van der Waals surface area contributed by atoms with E-state index in [2.05, 4.69) is 34.6 Å². The maximum Gasteiger partial charge on any atom is 0.302 e. The molecule has 0 aromatic carbocycles. The van der Waals surface area contributed by atoms with Crippen LogP contribution in [-0.4, -0.2) is 17.0 Å². The Kier molecular flexibility index (Phi) is 7.24. The van der Waals surface area contributed by atoms with Crippen LogP contribution in [0.4, 0.5) is 0 Å². The normalized spacial score (nSPS) is 40.4. The summed E-state index contributed by atoms with van der Waals surface area (Å²) in [7, 11) is 0. The summed E-state index contributed by atoms with van der Waals surface area (Å²) >= 11 is 0. The minimum absolute atomic E-state index is 0.0904. The molecule has 0 saturated heterocycles. The highest BCUT2D eigenvalue weighted by atomic mass is 16.6. The Balaban J connectivity index is 1.58. The van der Waals surface area contributed by atoms with Gasteiger partial charge in [0, 0.05) is 25.3 Å². The molecular weight excluding hydrogens is 426 g/mol. The molecule has 5 nitrogen and oxygen atoms in total. The van der Waals surface area contributed by atoms with Crippen LogP contribution in [0.1, 0.15) is 112 Å². The van der Waals surface area contributed by atoms with Crippen LogP contribution in [0.15, 0.2) is 11.3 Å². The monoisotopic (exact) mass is 473 g/mol. The first-order valence-corrected chi connectivity index (χ1v) is 14.0. The molecule has 0 bridgehead atoms. The fraction of sp³-hybridized carbons (Fsp3) is 0.897. The molecule has 0 spiro atoms. The predicted octanol–water partition coefficient (Wildman–Crippen LogP) is 7.56. The van der Waals surface area contributed by atoms with Gasteiger partial charge in [0.1, 0.15) is 6.10 Å². The van der Waals surface area contributed by atoms with Gasteiger partial charge in [-0.05, 0) is 84.9 Å². The molecule has 4 rings (SSSR count). The average molecular weight is 474 g/mol. The van der Waals surface area contributed by atoms with Crippen molar-refractivity contribution in [3.63, 3.8) is 0 Å². The van der Waals surface area contributed by atoms with Crippen molar-refractivity contribution in [1.29, 1.82) is 0 Å². The second-order valence-corrected chi connectivity index (χ2v) is 13.2. The van der Waals surface area contributed by atoms with E-state index in [0.29, 0.717) is 41.7 Å². The molecule has 0 aromatic heterocycles. The molecule has 34 heavy (non-hydrogen) atoms. The Morgan fingerprint density at radius 1 is 1.06 bits per heavy atom. The van der Waals surface area contributed by atoms with Crippen molar-refractivity contribution < 1.29 is 14.5 Å². The van der Waals surface area contributed by atoms with E-state index in [-0.39, 0.29) is 22.4 Å². The molecular formula is C29H47NO4. The van der Waals surface area contributed by atoms with Gasteiger partial charge in [-0.1, -0.05) is 53.9 Å². The van der Waals surface area contributed by atoms with Crippen molar-refractivity contribution in [3.05, 3.63) is 21.4 Å². The zero-order chi connectivity index (χ0) is 24.8. The summed E-state index contributed by atoms with van der Waals surface area (Å²) in [6.07, 6.45) is 11.6. The third-order valence-electron chi connectivity index (χ3n) is 10.9. The highest BCUT2D eigenvalue weighted by Crippen LogP contribution is 2.68. The number of esters is 1. The molecule has 5 heteroatoms. The minimum Gasteiger partial charge on any atom is -0.462 e. The van der Waals surface area contributed by atoms with Crippen LogP contribution in [0.3, 0.4) is 0 Å². The Morgan fingerprint density at radius 2 is 1.79 bits per heavy atom. The maximum absolute atomic E-state index is 12.3. The summed E-state index contributed by atoms with van der Waals surface area (Å²) in [5, 5.41) is 12.3. The van der Waals surface area contributed by atoms with Gasteiger partial charge < -0.3 is 4.74 Å². The van der Waals surface area contributed by atoms with Crippen LogP contribution in [0.2, 0.25) is 0 Å². The number of nitro groups is 1. The Morgan fingerprint density at radius 3 is 2.44 bits per heavy atom. The number of rotatable bonds is 7. The van der Waals surface area contributed by atoms with Crippen LogP contribution < -0.4 is 0 Å². The molecule has 0 N–H and O–H groups in total. The zero-order valence-electron chi connectivity index (χ0n) is 22.4.